The number of aromatic nitrogens is 1. The summed E-state index contributed by atoms with van der Waals surface area (Å²) in [7, 11) is 0. The van der Waals surface area contributed by atoms with Crippen LogP contribution in [0.4, 0.5) is 8.78 Å². The van der Waals surface area contributed by atoms with Crippen LogP contribution in [0.2, 0.25) is 0 Å². The van der Waals surface area contributed by atoms with Gasteiger partial charge in [0.1, 0.15) is 5.69 Å². The molecule has 1 aliphatic heterocycles. The summed E-state index contributed by atoms with van der Waals surface area (Å²) in [5.41, 5.74) is 2.14. The van der Waals surface area contributed by atoms with E-state index in [4.69, 9.17) is 0 Å². The van der Waals surface area contributed by atoms with Crippen molar-refractivity contribution in [2.75, 3.05) is 0 Å². The van der Waals surface area contributed by atoms with Gasteiger partial charge in [0.15, 0.2) is 0 Å². The van der Waals surface area contributed by atoms with Crippen molar-refractivity contribution in [1.82, 2.24) is 9.88 Å². The molecular weight excluding hydrogens is 238 g/mol. The number of carbonyl (C=O) groups excluding carboxylic acids is 1. The highest BCUT2D eigenvalue weighted by Crippen LogP contribution is 2.28. The Bertz CT molecular complexity index is 474. The number of aryl methyl sites for hydroxylation is 1. The second-order valence-corrected chi connectivity index (χ2v) is 4.59. The Morgan fingerprint density at radius 3 is 2.83 bits per heavy atom. The van der Waals surface area contributed by atoms with Gasteiger partial charge >= 0.3 is 0 Å². The molecule has 1 amide bonds. The zero-order valence-electron chi connectivity index (χ0n) is 10.5. The summed E-state index contributed by atoms with van der Waals surface area (Å²) in [6.45, 7) is 4.59. The number of fused-ring (bicyclic) bond motifs is 1. The minimum atomic E-state index is -2.56. The highest BCUT2D eigenvalue weighted by atomic mass is 19.3. The fourth-order valence-electron chi connectivity index (χ4n) is 2.23. The molecule has 1 aliphatic rings. The molecule has 3 nitrogen and oxygen atoms in total. The molecule has 18 heavy (non-hydrogen) atoms. The summed E-state index contributed by atoms with van der Waals surface area (Å²) in [4.78, 5) is 17.4. The number of pyridine rings is 1. The van der Waals surface area contributed by atoms with Crippen LogP contribution in [-0.4, -0.2) is 15.8 Å². The zero-order chi connectivity index (χ0) is 13.3. The first-order valence-corrected chi connectivity index (χ1v) is 6.08. The Balaban J connectivity index is 2.24. The molecule has 1 aromatic heterocycles. The maximum Gasteiger partial charge on any atom is 0.280 e. The van der Waals surface area contributed by atoms with E-state index in [0.717, 1.165) is 17.5 Å². The maximum atomic E-state index is 12.6. The number of carbonyl (C=O) groups is 1. The van der Waals surface area contributed by atoms with Gasteiger partial charge in [-0.15, -0.1) is 0 Å². The molecule has 5 heteroatoms. The quantitative estimate of drug-likeness (QED) is 0.830. The number of hydrogen-bond acceptors (Lipinski definition) is 2. The average molecular weight is 254 g/mol. The molecule has 0 atom stereocenters. The molecule has 0 aromatic carbocycles. The lowest BCUT2D eigenvalue weighted by Crippen LogP contribution is -2.24. The van der Waals surface area contributed by atoms with E-state index in [2.05, 4.69) is 4.98 Å². The SMILES string of the molecule is CCCC(=O)N1Cc2nc(C(F)F)cc(C)c2C1. The van der Waals surface area contributed by atoms with Crippen molar-refractivity contribution in [1.29, 1.82) is 0 Å². The van der Waals surface area contributed by atoms with Gasteiger partial charge in [-0.25, -0.2) is 13.8 Å². The Labute approximate surface area is 105 Å². The van der Waals surface area contributed by atoms with E-state index >= 15 is 0 Å². The van der Waals surface area contributed by atoms with Gasteiger partial charge < -0.3 is 4.90 Å². The lowest BCUT2D eigenvalue weighted by atomic mass is 10.1. The van der Waals surface area contributed by atoms with Crippen LogP contribution in [0, 0.1) is 6.92 Å². The molecule has 0 saturated heterocycles. The number of nitrogens with zero attached hydrogens (tertiary/aromatic N) is 2. The average Bonchev–Trinajstić information content (AvgIpc) is 2.73. The molecule has 98 valence electrons. The highest BCUT2D eigenvalue weighted by Gasteiger charge is 2.26. The van der Waals surface area contributed by atoms with E-state index in [-0.39, 0.29) is 11.6 Å². The first-order chi connectivity index (χ1) is 8.52. The van der Waals surface area contributed by atoms with Crippen LogP contribution in [-0.2, 0) is 17.9 Å². The van der Waals surface area contributed by atoms with Gasteiger partial charge in [0.05, 0.1) is 12.2 Å². The van der Waals surface area contributed by atoms with Crippen molar-refractivity contribution < 1.29 is 13.6 Å². The second-order valence-electron chi connectivity index (χ2n) is 4.59. The number of halogens is 2. The third kappa shape index (κ3) is 2.35. The molecule has 1 aromatic rings. The predicted molar refractivity (Wildman–Crippen MR) is 63.1 cm³/mol. The Morgan fingerprint density at radius 2 is 2.22 bits per heavy atom. The number of rotatable bonds is 3. The largest absolute Gasteiger partial charge is 0.332 e. The van der Waals surface area contributed by atoms with Gasteiger partial charge in [-0.1, -0.05) is 6.92 Å². The molecule has 2 rings (SSSR count). The van der Waals surface area contributed by atoms with Gasteiger partial charge in [0, 0.05) is 13.0 Å². The van der Waals surface area contributed by atoms with Crippen molar-refractivity contribution in [3.8, 4) is 0 Å². The summed E-state index contributed by atoms with van der Waals surface area (Å²) < 4.78 is 25.3. The smallest absolute Gasteiger partial charge is 0.280 e. The molecule has 0 bridgehead atoms. The summed E-state index contributed by atoms with van der Waals surface area (Å²) in [6, 6.07) is 1.41. The van der Waals surface area contributed by atoms with E-state index in [1.165, 1.54) is 6.07 Å². The van der Waals surface area contributed by atoms with Crippen molar-refractivity contribution in [2.45, 2.75) is 46.2 Å². The summed E-state index contributed by atoms with van der Waals surface area (Å²) in [5.74, 6) is 0.0634. The number of alkyl halides is 2. The molecule has 0 aliphatic carbocycles. The van der Waals surface area contributed by atoms with E-state index < -0.39 is 6.43 Å². The van der Waals surface area contributed by atoms with Crippen molar-refractivity contribution in [3.63, 3.8) is 0 Å². The summed E-state index contributed by atoms with van der Waals surface area (Å²) in [6.07, 6.45) is -1.27. The standard InChI is InChI=1S/C13H16F2N2O/c1-3-4-12(18)17-6-9-8(2)5-10(13(14)15)16-11(9)7-17/h5,13H,3-4,6-7H2,1-2H3. The minimum Gasteiger partial charge on any atom is -0.332 e. The molecule has 0 saturated carbocycles. The van der Waals surface area contributed by atoms with Crippen LogP contribution in [0.15, 0.2) is 6.07 Å². The van der Waals surface area contributed by atoms with Gasteiger partial charge in [0.25, 0.3) is 6.43 Å². The summed E-state index contributed by atoms with van der Waals surface area (Å²) >= 11 is 0. The minimum absolute atomic E-state index is 0.0634. The summed E-state index contributed by atoms with van der Waals surface area (Å²) in [5, 5.41) is 0. The fraction of sp³-hybridized carbons (Fsp3) is 0.538. The normalized spacial score (nSPS) is 14.2. The zero-order valence-corrected chi connectivity index (χ0v) is 10.5. The monoisotopic (exact) mass is 254 g/mol. The van der Waals surface area contributed by atoms with Crippen molar-refractivity contribution >= 4 is 5.91 Å². The van der Waals surface area contributed by atoms with Crippen LogP contribution >= 0.6 is 0 Å². The maximum absolute atomic E-state index is 12.6. The first-order valence-electron chi connectivity index (χ1n) is 6.08. The van der Waals surface area contributed by atoms with Crippen molar-refractivity contribution in [3.05, 3.63) is 28.6 Å². The molecule has 0 radical (unpaired) electrons. The van der Waals surface area contributed by atoms with Gasteiger partial charge in [-0.3, -0.25) is 4.79 Å². The van der Waals surface area contributed by atoms with Gasteiger partial charge in [-0.2, -0.15) is 0 Å². The van der Waals surface area contributed by atoms with E-state index in [1.807, 2.05) is 6.92 Å². The molecule has 0 spiro atoms. The van der Waals surface area contributed by atoms with Gasteiger partial charge in [0.2, 0.25) is 5.91 Å². The van der Waals surface area contributed by atoms with E-state index in [1.54, 1.807) is 11.8 Å². The lowest BCUT2D eigenvalue weighted by molar-refractivity contribution is -0.131. The van der Waals surface area contributed by atoms with Crippen LogP contribution in [0.3, 0.4) is 0 Å². The molecule has 0 unspecified atom stereocenters. The number of amides is 1. The van der Waals surface area contributed by atoms with Crippen LogP contribution in [0.25, 0.3) is 0 Å². The third-order valence-corrected chi connectivity index (χ3v) is 3.18. The highest BCUT2D eigenvalue weighted by molar-refractivity contribution is 5.76. The third-order valence-electron chi connectivity index (χ3n) is 3.18. The van der Waals surface area contributed by atoms with Crippen molar-refractivity contribution in [2.24, 2.45) is 0 Å². The van der Waals surface area contributed by atoms with Gasteiger partial charge in [-0.05, 0) is 30.5 Å². The molecule has 0 N–H and O–H groups in total. The second kappa shape index (κ2) is 5.00. The molecule has 2 heterocycles. The first kappa shape index (κ1) is 12.9. The predicted octanol–water partition coefficient (Wildman–Crippen LogP) is 2.97. The molecule has 0 fully saturated rings. The lowest BCUT2D eigenvalue weighted by Gasteiger charge is -2.14. The Hall–Kier alpha value is -1.52. The Morgan fingerprint density at radius 1 is 1.50 bits per heavy atom. The number of hydrogen-bond donors (Lipinski definition) is 0. The van der Waals surface area contributed by atoms with E-state index in [0.29, 0.717) is 25.2 Å². The Kier molecular flexibility index (Phi) is 3.59. The van der Waals surface area contributed by atoms with Crippen LogP contribution < -0.4 is 0 Å². The van der Waals surface area contributed by atoms with Crippen LogP contribution in [0.1, 0.15) is 48.7 Å². The van der Waals surface area contributed by atoms with E-state index in [9.17, 15) is 13.6 Å². The molecular formula is C13H16F2N2O. The topological polar surface area (TPSA) is 33.2 Å². The fourth-order valence-corrected chi connectivity index (χ4v) is 2.23. The van der Waals surface area contributed by atoms with Crippen LogP contribution in [0.5, 0.6) is 0 Å².